The summed E-state index contributed by atoms with van der Waals surface area (Å²) in [4.78, 5) is 13.1. The minimum atomic E-state index is -5.19. The van der Waals surface area contributed by atoms with Crippen LogP contribution in [0.1, 0.15) is 22.5 Å². The molecule has 1 rings (SSSR count). The van der Waals surface area contributed by atoms with Crippen molar-refractivity contribution < 1.29 is 36.6 Å². The molecule has 0 radical (unpaired) electrons. The van der Waals surface area contributed by atoms with Gasteiger partial charge in [-0.1, -0.05) is 0 Å². The molecular weight excluding hydrogens is 253 g/mol. The van der Waals surface area contributed by atoms with Crippen molar-refractivity contribution in [3.63, 3.8) is 0 Å². The molecule has 0 saturated carbocycles. The van der Waals surface area contributed by atoms with Crippen LogP contribution in [0.3, 0.4) is 0 Å². The molecule has 9 heteroatoms. The highest BCUT2D eigenvalue weighted by Crippen LogP contribution is 2.33. The Labute approximate surface area is 90.6 Å². The van der Waals surface area contributed by atoms with E-state index in [9.17, 15) is 26.7 Å². The minimum Gasteiger partial charge on any atom is -0.503 e. The summed E-state index contributed by atoms with van der Waals surface area (Å²) in [5.41, 5.74) is -1.91. The van der Waals surface area contributed by atoms with Gasteiger partial charge in [0.05, 0.1) is 0 Å². The van der Waals surface area contributed by atoms with Crippen LogP contribution in [-0.4, -0.2) is 22.7 Å². The first kappa shape index (κ1) is 13.1. The molecule has 1 heterocycles. The lowest BCUT2D eigenvalue weighted by molar-refractivity contribution is -0.276. The van der Waals surface area contributed by atoms with Crippen LogP contribution in [0, 0.1) is 0 Å². The number of hydrogen-bond acceptors (Lipinski definition) is 4. The van der Waals surface area contributed by atoms with E-state index in [2.05, 4.69) is 9.72 Å². The van der Waals surface area contributed by atoms with Crippen molar-refractivity contribution in [1.29, 1.82) is 0 Å². The minimum absolute atomic E-state index is 0.0639. The zero-order valence-corrected chi connectivity index (χ0v) is 7.83. The number of hydrogen-bond donors (Lipinski definition) is 1. The van der Waals surface area contributed by atoms with Gasteiger partial charge >= 0.3 is 6.36 Å². The SMILES string of the molecule is O=Cc1cc(O)c(OC(F)(F)F)nc1C(F)F. The summed E-state index contributed by atoms with van der Waals surface area (Å²) in [6.07, 6.45) is -8.52. The van der Waals surface area contributed by atoms with Gasteiger partial charge in [0.1, 0.15) is 5.69 Å². The average Bonchev–Trinajstić information content (AvgIpc) is 2.18. The number of nitrogens with zero attached hydrogens (tertiary/aromatic N) is 1. The van der Waals surface area contributed by atoms with Crippen LogP contribution in [0.4, 0.5) is 22.0 Å². The van der Waals surface area contributed by atoms with Crippen molar-refractivity contribution in [2.24, 2.45) is 0 Å². The Kier molecular flexibility index (Phi) is 3.49. The van der Waals surface area contributed by atoms with Gasteiger partial charge in [0.15, 0.2) is 12.0 Å². The highest BCUT2D eigenvalue weighted by molar-refractivity contribution is 5.77. The predicted molar refractivity (Wildman–Crippen MR) is 42.9 cm³/mol. The van der Waals surface area contributed by atoms with Crippen molar-refractivity contribution in [3.8, 4) is 11.6 Å². The van der Waals surface area contributed by atoms with E-state index in [0.29, 0.717) is 6.07 Å². The number of carbonyl (C=O) groups is 1. The normalized spacial score (nSPS) is 11.6. The molecule has 0 aliphatic heterocycles. The van der Waals surface area contributed by atoms with Gasteiger partial charge in [-0.3, -0.25) is 4.79 Å². The van der Waals surface area contributed by atoms with E-state index in [4.69, 9.17) is 5.11 Å². The number of aldehydes is 1. The largest absolute Gasteiger partial charge is 0.574 e. The number of aromatic nitrogens is 1. The molecule has 0 atom stereocenters. The number of pyridine rings is 1. The second kappa shape index (κ2) is 4.52. The summed E-state index contributed by atoms with van der Waals surface area (Å²) < 4.78 is 63.3. The molecule has 0 fully saturated rings. The van der Waals surface area contributed by atoms with Crippen molar-refractivity contribution >= 4 is 6.29 Å². The quantitative estimate of drug-likeness (QED) is 0.667. The predicted octanol–water partition coefficient (Wildman–Crippen LogP) is 2.44. The maximum Gasteiger partial charge on any atom is 0.574 e. The molecule has 17 heavy (non-hydrogen) atoms. The second-order valence-corrected chi connectivity index (χ2v) is 2.75. The maximum absolute atomic E-state index is 12.3. The Balaban J connectivity index is 3.24. The van der Waals surface area contributed by atoms with Crippen LogP contribution in [0.5, 0.6) is 11.6 Å². The lowest BCUT2D eigenvalue weighted by atomic mass is 10.2. The molecule has 0 aliphatic rings. The van der Waals surface area contributed by atoms with Crippen molar-refractivity contribution in [2.75, 3.05) is 0 Å². The third-order valence-electron chi connectivity index (χ3n) is 1.58. The van der Waals surface area contributed by atoms with Crippen molar-refractivity contribution in [2.45, 2.75) is 12.8 Å². The van der Waals surface area contributed by atoms with Crippen LogP contribution in [-0.2, 0) is 0 Å². The van der Waals surface area contributed by atoms with Crippen LogP contribution in [0.2, 0.25) is 0 Å². The fourth-order valence-corrected chi connectivity index (χ4v) is 0.968. The molecule has 1 N–H and O–H groups in total. The molecule has 0 bridgehead atoms. The zero-order valence-electron chi connectivity index (χ0n) is 7.83. The van der Waals surface area contributed by atoms with Gasteiger partial charge in [-0.15, -0.1) is 13.2 Å². The van der Waals surface area contributed by atoms with Gasteiger partial charge in [0, 0.05) is 5.56 Å². The van der Waals surface area contributed by atoms with E-state index < -0.39 is 35.7 Å². The number of halogens is 5. The third kappa shape index (κ3) is 3.26. The summed E-state index contributed by atoms with van der Waals surface area (Å²) >= 11 is 0. The second-order valence-electron chi connectivity index (χ2n) is 2.75. The van der Waals surface area contributed by atoms with Crippen LogP contribution in [0.15, 0.2) is 6.07 Å². The molecule has 0 amide bonds. The number of ether oxygens (including phenoxy) is 1. The molecule has 4 nitrogen and oxygen atoms in total. The Bertz CT molecular complexity index is 432. The van der Waals surface area contributed by atoms with Crippen molar-refractivity contribution in [3.05, 3.63) is 17.3 Å². The molecule has 0 unspecified atom stereocenters. The zero-order chi connectivity index (χ0) is 13.2. The summed E-state index contributed by atoms with van der Waals surface area (Å²) in [7, 11) is 0. The Morgan fingerprint density at radius 2 is 2.00 bits per heavy atom. The van der Waals surface area contributed by atoms with Crippen molar-refractivity contribution in [1.82, 2.24) is 4.98 Å². The molecule has 1 aromatic heterocycles. The number of alkyl halides is 5. The van der Waals surface area contributed by atoms with E-state index in [1.165, 1.54) is 0 Å². The van der Waals surface area contributed by atoms with E-state index in [-0.39, 0.29) is 6.29 Å². The highest BCUT2D eigenvalue weighted by atomic mass is 19.4. The standard InChI is InChI=1S/C8H4F5NO3/c9-6(10)5-3(2-15)1-4(16)7(14-5)17-8(11,12)13/h1-2,6,16H. The molecule has 1 aromatic rings. The van der Waals surface area contributed by atoms with Gasteiger partial charge in [-0.05, 0) is 6.07 Å². The van der Waals surface area contributed by atoms with E-state index >= 15 is 0 Å². The number of rotatable bonds is 3. The lowest BCUT2D eigenvalue weighted by Gasteiger charge is -2.11. The van der Waals surface area contributed by atoms with Gasteiger partial charge in [0.25, 0.3) is 12.3 Å². The summed E-state index contributed by atoms with van der Waals surface area (Å²) in [5.74, 6) is -2.59. The molecule has 0 aliphatic carbocycles. The van der Waals surface area contributed by atoms with Gasteiger partial charge in [0.2, 0.25) is 0 Å². The first-order valence-electron chi connectivity index (χ1n) is 3.97. The third-order valence-corrected chi connectivity index (χ3v) is 1.58. The summed E-state index contributed by atoms with van der Waals surface area (Å²) in [6.45, 7) is 0. The topological polar surface area (TPSA) is 59.4 Å². The van der Waals surface area contributed by atoms with Crippen LogP contribution < -0.4 is 4.74 Å². The first-order chi connectivity index (χ1) is 7.74. The monoisotopic (exact) mass is 257 g/mol. The number of aromatic hydroxyl groups is 1. The smallest absolute Gasteiger partial charge is 0.503 e. The van der Waals surface area contributed by atoms with E-state index in [0.717, 1.165) is 0 Å². The molecule has 0 saturated heterocycles. The van der Waals surface area contributed by atoms with Crippen LogP contribution >= 0.6 is 0 Å². The summed E-state index contributed by atoms with van der Waals surface area (Å²) in [5, 5.41) is 9.00. The Morgan fingerprint density at radius 3 is 2.41 bits per heavy atom. The molecule has 0 spiro atoms. The fourth-order valence-electron chi connectivity index (χ4n) is 0.968. The first-order valence-corrected chi connectivity index (χ1v) is 3.97. The fraction of sp³-hybridized carbons (Fsp3) is 0.250. The Morgan fingerprint density at radius 1 is 1.41 bits per heavy atom. The van der Waals surface area contributed by atoms with E-state index in [1.807, 2.05) is 0 Å². The maximum atomic E-state index is 12.3. The molecule has 0 aromatic carbocycles. The van der Waals surface area contributed by atoms with E-state index in [1.54, 1.807) is 0 Å². The molecular formula is C8H4F5NO3. The summed E-state index contributed by atoms with van der Waals surface area (Å²) in [6, 6.07) is 0.419. The van der Waals surface area contributed by atoms with Gasteiger partial charge < -0.3 is 9.84 Å². The van der Waals surface area contributed by atoms with Crippen LogP contribution in [0.25, 0.3) is 0 Å². The highest BCUT2D eigenvalue weighted by Gasteiger charge is 2.34. The van der Waals surface area contributed by atoms with Gasteiger partial charge in [-0.25, -0.2) is 13.8 Å². The lowest BCUT2D eigenvalue weighted by Crippen LogP contribution is -2.18. The average molecular weight is 257 g/mol. The number of carbonyl (C=O) groups excluding carboxylic acids is 1. The van der Waals surface area contributed by atoms with Gasteiger partial charge in [-0.2, -0.15) is 0 Å². The Hall–Kier alpha value is -1.93. The molecule has 94 valence electrons.